The van der Waals surface area contributed by atoms with Crippen molar-refractivity contribution in [3.05, 3.63) is 47.5 Å². The van der Waals surface area contributed by atoms with Crippen LogP contribution in [0.5, 0.6) is 0 Å². The third-order valence-electron chi connectivity index (χ3n) is 2.59. The average Bonchev–Trinajstić information content (AvgIpc) is 2.64. The third kappa shape index (κ3) is 1.43. The maximum Gasteiger partial charge on any atom is 0.0991 e. The van der Waals surface area contributed by atoms with Gasteiger partial charge in [0.1, 0.15) is 0 Å². The first kappa shape index (κ1) is 9.00. The maximum atomic E-state index is 4.05. The van der Waals surface area contributed by atoms with Crippen LogP contribution in [0.2, 0.25) is 0 Å². The highest BCUT2D eigenvalue weighted by Gasteiger charge is 2.02. The van der Waals surface area contributed by atoms with Gasteiger partial charge in [0.2, 0.25) is 0 Å². The number of imidazole rings is 1. The van der Waals surface area contributed by atoms with Gasteiger partial charge in [0.15, 0.2) is 0 Å². The van der Waals surface area contributed by atoms with E-state index in [2.05, 4.69) is 37.9 Å². The molecule has 0 spiro atoms. The van der Waals surface area contributed by atoms with Crippen LogP contribution in [0.25, 0.3) is 5.69 Å². The number of aromatic nitrogens is 2. The van der Waals surface area contributed by atoms with Gasteiger partial charge in [-0.15, -0.1) is 0 Å². The minimum absolute atomic E-state index is 1.21. The predicted molar refractivity (Wildman–Crippen MR) is 57.8 cm³/mol. The summed E-state index contributed by atoms with van der Waals surface area (Å²) in [4.78, 5) is 4.05. The van der Waals surface area contributed by atoms with Gasteiger partial charge in [-0.05, 0) is 43.5 Å². The summed E-state index contributed by atoms with van der Waals surface area (Å²) >= 11 is 0. The van der Waals surface area contributed by atoms with Gasteiger partial charge >= 0.3 is 0 Å². The van der Waals surface area contributed by atoms with Crippen molar-refractivity contribution >= 4 is 0 Å². The number of aryl methyl sites for hydroxylation is 3. The lowest BCUT2D eigenvalue weighted by molar-refractivity contribution is 1.03. The standard InChI is InChI=1S/C12H14N2/c1-9-6-11(3)12(7-10(9)2)14-5-4-13-8-14/h4-8H,1-3H3. The van der Waals surface area contributed by atoms with Crippen LogP contribution >= 0.6 is 0 Å². The molecule has 2 aromatic rings. The lowest BCUT2D eigenvalue weighted by Crippen LogP contribution is -1.96. The van der Waals surface area contributed by atoms with E-state index in [-0.39, 0.29) is 0 Å². The van der Waals surface area contributed by atoms with Gasteiger partial charge in [0.05, 0.1) is 6.33 Å². The molecule has 0 radical (unpaired) electrons. The Kier molecular flexibility index (Phi) is 2.12. The third-order valence-corrected chi connectivity index (χ3v) is 2.59. The van der Waals surface area contributed by atoms with Crippen molar-refractivity contribution in [2.24, 2.45) is 0 Å². The van der Waals surface area contributed by atoms with Crippen molar-refractivity contribution in [2.75, 3.05) is 0 Å². The van der Waals surface area contributed by atoms with E-state index in [1.807, 2.05) is 17.1 Å². The monoisotopic (exact) mass is 186 g/mol. The second-order valence-corrected chi connectivity index (χ2v) is 3.69. The number of hydrogen-bond donors (Lipinski definition) is 0. The molecule has 0 saturated heterocycles. The predicted octanol–water partition coefficient (Wildman–Crippen LogP) is 2.80. The van der Waals surface area contributed by atoms with Gasteiger partial charge in [-0.25, -0.2) is 4.98 Å². The number of nitrogens with zero attached hydrogens (tertiary/aromatic N) is 2. The van der Waals surface area contributed by atoms with Gasteiger partial charge in [-0.2, -0.15) is 0 Å². The van der Waals surface area contributed by atoms with Gasteiger partial charge in [0, 0.05) is 18.1 Å². The molecule has 72 valence electrons. The van der Waals surface area contributed by atoms with Crippen molar-refractivity contribution in [3.8, 4) is 5.69 Å². The van der Waals surface area contributed by atoms with Crippen LogP contribution in [-0.2, 0) is 0 Å². The zero-order valence-electron chi connectivity index (χ0n) is 8.78. The second-order valence-electron chi connectivity index (χ2n) is 3.69. The molecule has 0 N–H and O–H groups in total. The van der Waals surface area contributed by atoms with Crippen LogP contribution in [0, 0.1) is 20.8 Å². The van der Waals surface area contributed by atoms with E-state index in [1.54, 1.807) is 6.20 Å². The van der Waals surface area contributed by atoms with Gasteiger partial charge in [0.25, 0.3) is 0 Å². The van der Waals surface area contributed by atoms with Gasteiger partial charge < -0.3 is 4.57 Å². The lowest BCUT2D eigenvalue weighted by Gasteiger charge is -2.09. The topological polar surface area (TPSA) is 17.8 Å². The summed E-state index contributed by atoms with van der Waals surface area (Å²) < 4.78 is 2.04. The largest absolute Gasteiger partial charge is 0.306 e. The van der Waals surface area contributed by atoms with Crippen LogP contribution in [0.4, 0.5) is 0 Å². The Morgan fingerprint density at radius 2 is 1.71 bits per heavy atom. The highest BCUT2D eigenvalue weighted by Crippen LogP contribution is 2.18. The Balaban J connectivity index is 2.60. The quantitative estimate of drug-likeness (QED) is 0.669. The Labute approximate surface area is 84.2 Å². The molecule has 0 amide bonds. The van der Waals surface area contributed by atoms with Crippen molar-refractivity contribution in [2.45, 2.75) is 20.8 Å². The van der Waals surface area contributed by atoms with Crippen LogP contribution in [-0.4, -0.2) is 9.55 Å². The zero-order chi connectivity index (χ0) is 10.1. The molecule has 0 aliphatic rings. The molecule has 2 rings (SSSR count). The summed E-state index contributed by atoms with van der Waals surface area (Å²) in [5.41, 5.74) is 5.15. The first-order chi connectivity index (χ1) is 6.68. The molecule has 1 aromatic heterocycles. The molecule has 2 nitrogen and oxygen atoms in total. The molecule has 0 bridgehead atoms. The van der Waals surface area contributed by atoms with Gasteiger partial charge in [-0.1, -0.05) is 6.07 Å². The highest BCUT2D eigenvalue weighted by atomic mass is 15.0. The summed E-state index contributed by atoms with van der Waals surface area (Å²) in [5.74, 6) is 0. The summed E-state index contributed by atoms with van der Waals surface area (Å²) in [6, 6.07) is 4.41. The Morgan fingerprint density at radius 1 is 1.00 bits per heavy atom. The van der Waals surface area contributed by atoms with E-state index in [0.29, 0.717) is 0 Å². The Morgan fingerprint density at radius 3 is 2.36 bits per heavy atom. The van der Waals surface area contributed by atoms with Crippen LogP contribution in [0.15, 0.2) is 30.9 Å². The number of rotatable bonds is 1. The molecular weight excluding hydrogens is 172 g/mol. The van der Waals surface area contributed by atoms with Crippen LogP contribution in [0.1, 0.15) is 16.7 Å². The van der Waals surface area contributed by atoms with E-state index < -0.39 is 0 Å². The fourth-order valence-electron chi connectivity index (χ4n) is 1.63. The fourth-order valence-corrected chi connectivity index (χ4v) is 1.63. The molecular formula is C12H14N2. The summed E-state index contributed by atoms with van der Waals surface area (Å²) in [7, 11) is 0. The van der Waals surface area contributed by atoms with Crippen LogP contribution in [0.3, 0.4) is 0 Å². The zero-order valence-corrected chi connectivity index (χ0v) is 8.78. The maximum absolute atomic E-state index is 4.05. The van der Waals surface area contributed by atoms with E-state index in [9.17, 15) is 0 Å². The molecule has 2 heteroatoms. The molecule has 0 unspecified atom stereocenters. The van der Waals surface area contributed by atoms with E-state index in [4.69, 9.17) is 0 Å². The molecule has 14 heavy (non-hydrogen) atoms. The minimum atomic E-state index is 1.21. The van der Waals surface area contributed by atoms with E-state index in [1.165, 1.54) is 22.4 Å². The van der Waals surface area contributed by atoms with Crippen molar-refractivity contribution in [1.82, 2.24) is 9.55 Å². The first-order valence-electron chi connectivity index (χ1n) is 4.74. The smallest absolute Gasteiger partial charge is 0.0991 e. The molecule has 0 fully saturated rings. The van der Waals surface area contributed by atoms with E-state index in [0.717, 1.165) is 0 Å². The van der Waals surface area contributed by atoms with Crippen molar-refractivity contribution in [1.29, 1.82) is 0 Å². The molecule has 0 aliphatic carbocycles. The van der Waals surface area contributed by atoms with Crippen molar-refractivity contribution < 1.29 is 0 Å². The van der Waals surface area contributed by atoms with Gasteiger partial charge in [-0.3, -0.25) is 0 Å². The molecule has 0 atom stereocenters. The molecule has 1 heterocycles. The first-order valence-corrected chi connectivity index (χ1v) is 4.74. The summed E-state index contributed by atoms with van der Waals surface area (Å²) in [6.07, 6.45) is 5.60. The Bertz CT molecular complexity index is 442. The highest BCUT2D eigenvalue weighted by molar-refractivity contribution is 5.46. The fraction of sp³-hybridized carbons (Fsp3) is 0.250. The number of hydrogen-bond acceptors (Lipinski definition) is 1. The van der Waals surface area contributed by atoms with E-state index >= 15 is 0 Å². The second kappa shape index (κ2) is 3.29. The minimum Gasteiger partial charge on any atom is -0.306 e. The SMILES string of the molecule is Cc1cc(C)c(-n2ccnc2)cc1C. The van der Waals surface area contributed by atoms with Crippen LogP contribution < -0.4 is 0 Å². The van der Waals surface area contributed by atoms with Crippen molar-refractivity contribution in [3.63, 3.8) is 0 Å². The Hall–Kier alpha value is -1.57. The average molecular weight is 186 g/mol. The normalized spacial score (nSPS) is 10.5. The number of benzene rings is 1. The summed E-state index contributed by atoms with van der Waals surface area (Å²) in [5, 5.41) is 0. The lowest BCUT2D eigenvalue weighted by atomic mass is 10.1. The molecule has 1 aromatic carbocycles. The molecule has 0 aliphatic heterocycles. The summed E-state index contributed by atoms with van der Waals surface area (Å²) in [6.45, 7) is 6.40. The molecule has 0 saturated carbocycles.